The van der Waals surface area contributed by atoms with Gasteiger partial charge in [0.25, 0.3) is 0 Å². The van der Waals surface area contributed by atoms with Crippen molar-refractivity contribution in [2.75, 3.05) is 32.9 Å². The number of hydrogen-bond acceptors (Lipinski definition) is 6. The maximum atomic E-state index is 13.8. The molecule has 0 spiro atoms. The molecule has 2 bridgehead atoms. The lowest BCUT2D eigenvalue weighted by atomic mass is 9.84. The fourth-order valence-electron chi connectivity index (χ4n) is 6.39. The molecule has 38 heavy (non-hydrogen) atoms. The molecule has 3 unspecified atom stereocenters. The number of halogens is 1. The zero-order valence-corrected chi connectivity index (χ0v) is 24.3. The van der Waals surface area contributed by atoms with E-state index in [-0.39, 0.29) is 31.4 Å². The van der Waals surface area contributed by atoms with Gasteiger partial charge in [-0.25, -0.2) is 0 Å². The van der Waals surface area contributed by atoms with Crippen LogP contribution in [0.15, 0.2) is 35.9 Å². The Kier molecular flexibility index (Phi) is 10.9. The summed E-state index contributed by atoms with van der Waals surface area (Å²) >= 11 is 2.18. The van der Waals surface area contributed by atoms with Gasteiger partial charge in [-0.05, 0) is 91.2 Å². The fourth-order valence-corrected chi connectivity index (χ4v) is 6.91. The average Bonchev–Trinajstić information content (AvgIpc) is 3.53. The number of hydrogen-bond donors (Lipinski definition) is 3. The number of aliphatic hydroxyl groups is 2. The molecule has 0 heterocycles. The Morgan fingerprint density at radius 1 is 1.21 bits per heavy atom. The van der Waals surface area contributed by atoms with Crippen molar-refractivity contribution in [1.29, 1.82) is 0 Å². The molecule has 2 amide bonds. The molecule has 4 rings (SSSR count). The van der Waals surface area contributed by atoms with E-state index in [2.05, 4.69) is 27.9 Å². The number of rotatable bonds is 13. The van der Waals surface area contributed by atoms with Gasteiger partial charge in [0.15, 0.2) is 0 Å². The lowest BCUT2D eigenvalue weighted by molar-refractivity contribution is -0.140. The molecule has 0 saturated heterocycles. The second-order valence-corrected chi connectivity index (χ2v) is 11.9. The zero-order chi connectivity index (χ0) is 27.1. The Hall–Kier alpha value is -1.69. The predicted octanol–water partition coefficient (Wildman–Crippen LogP) is 3.29. The van der Waals surface area contributed by atoms with Gasteiger partial charge in [0.1, 0.15) is 18.0 Å². The van der Waals surface area contributed by atoms with E-state index in [0.29, 0.717) is 55.8 Å². The van der Waals surface area contributed by atoms with Crippen LogP contribution >= 0.6 is 22.6 Å². The molecular weight excluding hydrogens is 599 g/mol. The van der Waals surface area contributed by atoms with E-state index < -0.39 is 18.2 Å². The van der Waals surface area contributed by atoms with Gasteiger partial charge in [-0.3, -0.25) is 9.59 Å². The number of carbonyl (C=O) groups excluding carboxylic acids is 2. The van der Waals surface area contributed by atoms with E-state index >= 15 is 0 Å². The molecule has 6 atom stereocenters. The minimum atomic E-state index is -1.00. The maximum Gasteiger partial charge on any atom is 0.247 e. The third-order valence-corrected chi connectivity index (χ3v) is 9.14. The highest BCUT2D eigenvalue weighted by Gasteiger charge is 2.44. The summed E-state index contributed by atoms with van der Waals surface area (Å²) in [6.45, 7) is 3.49. The smallest absolute Gasteiger partial charge is 0.247 e. The van der Waals surface area contributed by atoms with Gasteiger partial charge in [-0.1, -0.05) is 18.6 Å². The quantitative estimate of drug-likeness (QED) is 0.226. The molecule has 2 fully saturated rings. The summed E-state index contributed by atoms with van der Waals surface area (Å²) in [5, 5.41) is 23.5. The first kappa shape index (κ1) is 29.3. The molecule has 3 aliphatic rings. The van der Waals surface area contributed by atoms with E-state index in [9.17, 15) is 19.8 Å². The Labute approximate surface area is 239 Å². The highest BCUT2D eigenvalue weighted by atomic mass is 127. The van der Waals surface area contributed by atoms with Crippen molar-refractivity contribution in [2.24, 2.45) is 17.8 Å². The first-order chi connectivity index (χ1) is 18.4. The predicted molar refractivity (Wildman–Crippen MR) is 153 cm³/mol. The Balaban J connectivity index is 1.57. The van der Waals surface area contributed by atoms with Crippen molar-refractivity contribution in [3.63, 3.8) is 0 Å². The Morgan fingerprint density at radius 3 is 2.71 bits per heavy atom. The van der Waals surface area contributed by atoms with Crippen LogP contribution in [0.3, 0.4) is 0 Å². The van der Waals surface area contributed by atoms with Crippen LogP contribution in [0.2, 0.25) is 0 Å². The molecule has 9 heteroatoms. The number of benzene rings is 1. The summed E-state index contributed by atoms with van der Waals surface area (Å²) in [4.78, 5) is 28.6. The molecular formula is C29H41IN2O6. The maximum absolute atomic E-state index is 13.8. The monoisotopic (exact) mass is 640 g/mol. The van der Waals surface area contributed by atoms with Crippen LogP contribution in [-0.2, 0) is 14.3 Å². The number of aliphatic hydroxyl groups excluding tert-OH is 2. The van der Waals surface area contributed by atoms with E-state index in [1.165, 1.54) is 19.3 Å². The average molecular weight is 641 g/mol. The first-order valence-corrected chi connectivity index (χ1v) is 15.0. The lowest BCUT2D eigenvalue weighted by Crippen LogP contribution is -2.55. The van der Waals surface area contributed by atoms with Crippen LogP contribution in [0.4, 0.5) is 0 Å². The van der Waals surface area contributed by atoms with Gasteiger partial charge in [0, 0.05) is 44.7 Å². The normalized spacial score (nSPS) is 28.2. The van der Waals surface area contributed by atoms with E-state index in [1.807, 2.05) is 31.2 Å². The third-order valence-electron chi connectivity index (χ3n) is 8.25. The molecule has 3 N–H and O–H groups in total. The molecule has 8 nitrogen and oxygen atoms in total. The summed E-state index contributed by atoms with van der Waals surface area (Å²) in [6, 6.07) is 6.92. The summed E-state index contributed by atoms with van der Waals surface area (Å²) in [5.41, 5.74) is 0.451. The number of amides is 2. The van der Waals surface area contributed by atoms with Crippen LogP contribution in [0.1, 0.15) is 51.9 Å². The van der Waals surface area contributed by atoms with E-state index in [4.69, 9.17) is 9.47 Å². The SMILES string of the molecule is CCOCCCN(C(=O)CC1CC2CCC1C2)[C@@H]1CC(C(=O)NCCO)=C[C@H](Oc2ccccc2I)[C@H]1O. The Bertz CT molecular complexity index is 988. The molecule has 1 aromatic rings. The number of para-hydroxylation sites is 1. The van der Waals surface area contributed by atoms with Gasteiger partial charge in [0.2, 0.25) is 11.8 Å². The van der Waals surface area contributed by atoms with E-state index in [1.54, 1.807) is 11.0 Å². The standard InChI is InChI=1S/C29H41IN2O6/c1-2-37-13-5-11-32(27(34)18-21-15-19-8-9-20(21)14-19)24-16-22(29(36)31-10-12-33)17-26(28(24)35)38-25-7-4-3-6-23(25)30/h3-4,6-7,17,19-21,24,26,28,33,35H,2,5,8-16,18H2,1H3,(H,31,36)/t19?,20?,21?,24-,26+,28+/m1/s1. The second kappa shape index (κ2) is 14.1. The van der Waals surface area contributed by atoms with Crippen molar-refractivity contribution < 1.29 is 29.3 Å². The minimum absolute atomic E-state index is 0.0353. The number of fused-ring (bicyclic) bond motifs is 2. The molecule has 0 aliphatic heterocycles. The van der Waals surface area contributed by atoms with E-state index in [0.717, 1.165) is 15.9 Å². The van der Waals surface area contributed by atoms with Crippen molar-refractivity contribution >= 4 is 34.4 Å². The highest BCUT2D eigenvalue weighted by Crippen LogP contribution is 2.49. The topological polar surface area (TPSA) is 108 Å². The van der Waals surface area contributed by atoms with Crippen LogP contribution in [0.5, 0.6) is 5.75 Å². The summed E-state index contributed by atoms with van der Waals surface area (Å²) in [5.74, 6) is 2.11. The van der Waals surface area contributed by atoms with Gasteiger partial charge >= 0.3 is 0 Å². The lowest BCUT2D eigenvalue weighted by Gasteiger charge is -2.41. The molecule has 0 aromatic heterocycles. The highest BCUT2D eigenvalue weighted by molar-refractivity contribution is 14.1. The third kappa shape index (κ3) is 7.28. The summed E-state index contributed by atoms with van der Waals surface area (Å²) < 4.78 is 12.7. The van der Waals surface area contributed by atoms with Crippen LogP contribution in [0.25, 0.3) is 0 Å². The van der Waals surface area contributed by atoms with Crippen LogP contribution < -0.4 is 10.1 Å². The fraction of sp³-hybridized carbons (Fsp3) is 0.655. The summed E-state index contributed by atoms with van der Waals surface area (Å²) in [6.07, 6.45) is 6.05. The Morgan fingerprint density at radius 2 is 2.03 bits per heavy atom. The van der Waals surface area contributed by atoms with Crippen LogP contribution in [-0.4, -0.2) is 78.1 Å². The number of ether oxygens (including phenoxy) is 2. The van der Waals surface area contributed by atoms with Gasteiger partial charge < -0.3 is 29.9 Å². The number of nitrogens with zero attached hydrogens (tertiary/aromatic N) is 1. The first-order valence-electron chi connectivity index (χ1n) is 14.0. The van der Waals surface area contributed by atoms with Gasteiger partial charge in [0.05, 0.1) is 16.2 Å². The van der Waals surface area contributed by atoms with Crippen molar-refractivity contribution in [3.8, 4) is 5.75 Å². The molecule has 210 valence electrons. The second-order valence-electron chi connectivity index (χ2n) is 10.7. The van der Waals surface area contributed by atoms with Gasteiger partial charge in [-0.2, -0.15) is 0 Å². The molecule has 0 radical (unpaired) electrons. The van der Waals surface area contributed by atoms with Crippen LogP contribution in [0, 0.1) is 21.3 Å². The van der Waals surface area contributed by atoms with Gasteiger partial charge in [-0.15, -0.1) is 0 Å². The molecule has 1 aromatic carbocycles. The number of carbonyl (C=O) groups is 2. The molecule has 2 saturated carbocycles. The molecule has 3 aliphatic carbocycles. The number of nitrogens with one attached hydrogen (secondary N) is 1. The van der Waals surface area contributed by atoms with Crippen molar-refractivity contribution in [1.82, 2.24) is 10.2 Å². The summed E-state index contributed by atoms with van der Waals surface area (Å²) in [7, 11) is 0. The minimum Gasteiger partial charge on any atom is -0.482 e. The largest absolute Gasteiger partial charge is 0.482 e. The van der Waals surface area contributed by atoms with Crippen molar-refractivity contribution in [2.45, 2.75) is 70.1 Å². The zero-order valence-electron chi connectivity index (χ0n) is 22.2. The van der Waals surface area contributed by atoms with Crippen molar-refractivity contribution in [3.05, 3.63) is 39.5 Å².